The van der Waals surface area contributed by atoms with Gasteiger partial charge >= 0.3 is 0 Å². The van der Waals surface area contributed by atoms with Crippen molar-refractivity contribution in [2.24, 2.45) is 0 Å². The van der Waals surface area contributed by atoms with Crippen LogP contribution in [0.4, 0.5) is 0 Å². The summed E-state index contributed by atoms with van der Waals surface area (Å²) < 4.78 is 4.75. The first kappa shape index (κ1) is 37.0. The molecule has 0 radical (unpaired) electrons. The van der Waals surface area contributed by atoms with E-state index in [4.69, 9.17) is 0 Å². The highest BCUT2D eigenvalue weighted by Crippen LogP contribution is 2.44. The van der Waals surface area contributed by atoms with E-state index in [9.17, 15) is 5.26 Å². The van der Waals surface area contributed by atoms with Gasteiger partial charge < -0.3 is 9.13 Å². The Morgan fingerprint density at radius 3 is 1.19 bits per heavy atom. The SMILES string of the molecule is N#Cc1cc(-n2c3ccccc3c3cc(-c4ccccc4-c4ccccc4)ccc32)c(-n2c3ccccc3c3cc(-c4ccccc4-c4ccccc4)ccc32)cc1-c1ccncc1. The molecule has 64 heavy (non-hydrogen) atoms. The molecule has 0 fully saturated rings. The summed E-state index contributed by atoms with van der Waals surface area (Å²) in [4.78, 5) is 4.32. The first-order chi connectivity index (χ1) is 31.7. The molecule has 0 aliphatic rings. The number of fused-ring (bicyclic) bond motifs is 6. The van der Waals surface area contributed by atoms with Crippen LogP contribution in [0.25, 0.3) is 111 Å². The second-order valence-electron chi connectivity index (χ2n) is 16.2. The van der Waals surface area contributed by atoms with E-state index in [0.717, 1.165) is 77.2 Å². The van der Waals surface area contributed by atoms with E-state index >= 15 is 0 Å². The Morgan fingerprint density at radius 1 is 0.312 bits per heavy atom. The number of aromatic nitrogens is 3. The number of pyridine rings is 1. The zero-order valence-corrected chi connectivity index (χ0v) is 34.7. The Balaban J connectivity index is 1.13. The first-order valence-corrected chi connectivity index (χ1v) is 21.6. The molecule has 12 rings (SSSR count). The predicted molar refractivity (Wildman–Crippen MR) is 265 cm³/mol. The molecule has 12 aromatic rings. The fourth-order valence-corrected chi connectivity index (χ4v) is 9.81. The zero-order chi connectivity index (χ0) is 42.6. The Hall–Kier alpha value is -8.78. The lowest BCUT2D eigenvalue weighted by atomic mass is 9.94. The second-order valence-corrected chi connectivity index (χ2v) is 16.2. The lowest BCUT2D eigenvalue weighted by molar-refractivity contribution is 1.09. The molecule has 0 atom stereocenters. The Morgan fingerprint density at radius 2 is 0.703 bits per heavy atom. The van der Waals surface area contributed by atoms with Crippen LogP contribution in [0.2, 0.25) is 0 Å². The molecule has 3 aromatic heterocycles. The van der Waals surface area contributed by atoms with Gasteiger partial charge in [-0.15, -0.1) is 0 Å². The van der Waals surface area contributed by atoms with Crippen LogP contribution in [0.3, 0.4) is 0 Å². The fourth-order valence-electron chi connectivity index (χ4n) is 9.81. The maximum absolute atomic E-state index is 10.9. The molecule has 9 aromatic carbocycles. The monoisotopic (exact) mass is 814 g/mol. The Bertz CT molecular complexity index is 3780. The highest BCUT2D eigenvalue weighted by atomic mass is 15.1. The van der Waals surface area contributed by atoms with Gasteiger partial charge in [-0.25, -0.2) is 0 Å². The number of hydrogen-bond donors (Lipinski definition) is 0. The molecular weight excluding hydrogens is 777 g/mol. The quantitative estimate of drug-likeness (QED) is 0.161. The zero-order valence-electron chi connectivity index (χ0n) is 34.7. The third kappa shape index (κ3) is 6.02. The van der Waals surface area contributed by atoms with Crippen molar-refractivity contribution < 1.29 is 0 Å². The lowest BCUT2D eigenvalue weighted by Crippen LogP contribution is -2.05. The van der Waals surface area contributed by atoms with E-state index in [1.54, 1.807) is 12.4 Å². The molecule has 3 heterocycles. The molecule has 0 N–H and O–H groups in total. The minimum atomic E-state index is 0.588. The minimum Gasteiger partial charge on any atom is -0.307 e. The summed E-state index contributed by atoms with van der Waals surface area (Å²) in [7, 11) is 0. The maximum atomic E-state index is 10.9. The van der Waals surface area contributed by atoms with Gasteiger partial charge in [-0.3, -0.25) is 4.98 Å². The van der Waals surface area contributed by atoms with E-state index in [1.807, 2.05) is 12.1 Å². The van der Waals surface area contributed by atoms with E-state index in [1.165, 1.54) is 33.4 Å². The van der Waals surface area contributed by atoms with Crippen LogP contribution in [-0.4, -0.2) is 14.1 Å². The van der Waals surface area contributed by atoms with E-state index in [-0.39, 0.29) is 0 Å². The van der Waals surface area contributed by atoms with Crippen molar-refractivity contribution in [1.82, 2.24) is 14.1 Å². The third-order valence-electron chi connectivity index (χ3n) is 12.7. The smallest absolute Gasteiger partial charge is 0.0998 e. The molecule has 0 spiro atoms. The number of nitriles is 1. The van der Waals surface area contributed by atoms with E-state index in [2.05, 4.69) is 226 Å². The van der Waals surface area contributed by atoms with Gasteiger partial charge in [0.05, 0.1) is 45.1 Å². The van der Waals surface area contributed by atoms with Crippen LogP contribution in [0.1, 0.15) is 5.56 Å². The molecule has 0 saturated heterocycles. The standard InChI is InChI=1S/C60H38N4/c61-39-45-37-59(63-55-25-13-11-23-50(55)53-35-43(27-29-57(53)63)48-21-9-7-19-46(48)40-15-3-1-4-16-40)60(38-52(45)42-31-33-62-34-32-42)64-56-26-14-12-24-51(56)54-36-44(28-30-58(54)64)49-22-10-8-20-47(49)41-17-5-2-6-18-41/h1-38H. The van der Waals surface area contributed by atoms with Crippen molar-refractivity contribution in [3.63, 3.8) is 0 Å². The van der Waals surface area contributed by atoms with Crippen molar-refractivity contribution >= 4 is 43.6 Å². The van der Waals surface area contributed by atoms with Gasteiger partial charge in [0.25, 0.3) is 0 Å². The summed E-state index contributed by atoms with van der Waals surface area (Å²) >= 11 is 0. The molecule has 0 aliphatic carbocycles. The Labute approximate surface area is 370 Å². The van der Waals surface area contributed by atoms with Crippen LogP contribution in [0.15, 0.2) is 231 Å². The fraction of sp³-hybridized carbons (Fsp3) is 0. The van der Waals surface area contributed by atoms with Gasteiger partial charge in [-0.1, -0.05) is 158 Å². The van der Waals surface area contributed by atoms with Crippen molar-refractivity contribution in [2.45, 2.75) is 0 Å². The summed E-state index contributed by atoms with van der Waals surface area (Å²) in [5, 5.41) is 15.5. The van der Waals surface area contributed by atoms with Crippen molar-refractivity contribution in [1.29, 1.82) is 5.26 Å². The highest BCUT2D eigenvalue weighted by molar-refractivity contribution is 6.13. The molecule has 4 heteroatoms. The van der Waals surface area contributed by atoms with Crippen LogP contribution < -0.4 is 0 Å². The van der Waals surface area contributed by atoms with Gasteiger partial charge in [0.15, 0.2) is 0 Å². The van der Waals surface area contributed by atoms with Gasteiger partial charge in [0.1, 0.15) is 0 Å². The van der Waals surface area contributed by atoms with Crippen LogP contribution in [0.5, 0.6) is 0 Å². The van der Waals surface area contributed by atoms with Gasteiger partial charge in [-0.05, 0) is 111 Å². The molecule has 298 valence electrons. The Kier molecular flexibility index (Phi) is 8.84. The normalized spacial score (nSPS) is 11.4. The van der Waals surface area contributed by atoms with Crippen molar-refractivity contribution in [2.75, 3.05) is 0 Å². The minimum absolute atomic E-state index is 0.588. The number of para-hydroxylation sites is 2. The summed E-state index contributed by atoms with van der Waals surface area (Å²) in [6.45, 7) is 0. The summed E-state index contributed by atoms with van der Waals surface area (Å²) in [5.74, 6) is 0. The molecule has 0 bridgehead atoms. The first-order valence-electron chi connectivity index (χ1n) is 21.6. The molecule has 4 nitrogen and oxygen atoms in total. The molecule has 0 saturated carbocycles. The number of benzene rings is 9. The van der Waals surface area contributed by atoms with Crippen molar-refractivity contribution in [3.8, 4) is 73.1 Å². The van der Waals surface area contributed by atoms with Crippen LogP contribution >= 0.6 is 0 Å². The average molecular weight is 815 g/mol. The van der Waals surface area contributed by atoms with Crippen molar-refractivity contribution in [3.05, 3.63) is 236 Å². The van der Waals surface area contributed by atoms with Crippen LogP contribution in [-0.2, 0) is 0 Å². The average Bonchev–Trinajstić information content (AvgIpc) is 3.88. The van der Waals surface area contributed by atoms with Crippen LogP contribution in [0, 0.1) is 11.3 Å². The lowest BCUT2D eigenvalue weighted by Gasteiger charge is -2.19. The molecule has 0 amide bonds. The predicted octanol–water partition coefficient (Wildman–Crippen LogP) is 15.5. The summed E-state index contributed by atoms with van der Waals surface area (Å²) in [5.41, 5.74) is 18.0. The highest BCUT2D eigenvalue weighted by Gasteiger charge is 2.23. The third-order valence-corrected chi connectivity index (χ3v) is 12.7. The molecular formula is C60H38N4. The summed E-state index contributed by atoms with van der Waals surface area (Å²) in [6, 6.07) is 80.4. The topological polar surface area (TPSA) is 46.5 Å². The maximum Gasteiger partial charge on any atom is 0.0998 e. The number of rotatable bonds is 7. The largest absolute Gasteiger partial charge is 0.307 e. The van der Waals surface area contributed by atoms with Gasteiger partial charge in [-0.2, -0.15) is 5.26 Å². The van der Waals surface area contributed by atoms with E-state index in [0.29, 0.717) is 5.56 Å². The molecule has 0 aliphatic heterocycles. The number of hydrogen-bond acceptors (Lipinski definition) is 2. The van der Waals surface area contributed by atoms with Gasteiger partial charge in [0.2, 0.25) is 0 Å². The summed E-state index contributed by atoms with van der Waals surface area (Å²) in [6.07, 6.45) is 3.58. The number of nitrogens with zero attached hydrogens (tertiary/aromatic N) is 4. The second kappa shape index (κ2) is 15.3. The molecule has 0 unspecified atom stereocenters. The van der Waals surface area contributed by atoms with E-state index < -0.39 is 0 Å². The van der Waals surface area contributed by atoms with Gasteiger partial charge in [0, 0.05) is 39.5 Å².